The summed E-state index contributed by atoms with van der Waals surface area (Å²) in [7, 11) is 0.558. The summed E-state index contributed by atoms with van der Waals surface area (Å²) in [5, 5.41) is 5.63. The van der Waals surface area contributed by atoms with E-state index in [2.05, 4.69) is 39.6 Å². The second-order valence-electron chi connectivity index (χ2n) is 7.23. The summed E-state index contributed by atoms with van der Waals surface area (Å²) >= 11 is 0. The lowest BCUT2D eigenvalue weighted by atomic mass is 10.0. The van der Waals surface area contributed by atoms with Crippen molar-refractivity contribution < 1.29 is 13.2 Å². The van der Waals surface area contributed by atoms with Crippen LogP contribution in [0.2, 0.25) is 0 Å². The topological polar surface area (TPSA) is 90.5 Å². The van der Waals surface area contributed by atoms with Crippen molar-refractivity contribution in [2.75, 3.05) is 36.4 Å². The standard InChI is InChI=1S/C21H30N4O3S/c1-5-13-29(27,28)24-19-8-6-7-18(14-19)23-21(26)22-15-20(25(3)4)17-11-9-16(2)10-12-17/h6-12,14,20,24H,5,13,15H2,1-4H3,(H2,22,23,26). The van der Waals surface area contributed by atoms with Crippen molar-refractivity contribution in [1.82, 2.24) is 10.2 Å². The number of nitrogens with zero attached hydrogens (tertiary/aromatic N) is 1. The van der Waals surface area contributed by atoms with Crippen molar-refractivity contribution >= 4 is 27.4 Å². The molecule has 0 saturated heterocycles. The first-order valence-corrected chi connectivity index (χ1v) is 11.2. The number of rotatable bonds is 9. The zero-order chi connectivity index (χ0) is 21.4. The molecule has 1 unspecified atom stereocenters. The normalized spacial score (nSPS) is 12.4. The Balaban J connectivity index is 1.97. The maximum atomic E-state index is 12.3. The predicted molar refractivity (Wildman–Crippen MR) is 119 cm³/mol. The molecule has 0 aliphatic rings. The lowest BCUT2D eigenvalue weighted by Gasteiger charge is -2.25. The van der Waals surface area contributed by atoms with Crippen LogP contribution in [0.5, 0.6) is 0 Å². The van der Waals surface area contributed by atoms with Gasteiger partial charge in [-0.3, -0.25) is 4.72 Å². The molecule has 2 aromatic rings. The number of aryl methyl sites for hydroxylation is 1. The summed E-state index contributed by atoms with van der Waals surface area (Å²) in [5.41, 5.74) is 3.23. The van der Waals surface area contributed by atoms with E-state index >= 15 is 0 Å². The Hall–Kier alpha value is -2.58. The monoisotopic (exact) mass is 418 g/mol. The van der Waals surface area contributed by atoms with Crippen molar-refractivity contribution in [1.29, 1.82) is 0 Å². The van der Waals surface area contributed by atoms with Crippen molar-refractivity contribution in [2.45, 2.75) is 26.3 Å². The van der Waals surface area contributed by atoms with Gasteiger partial charge < -0.3 is 15.5 Å². The molecule has 2 rings (SSSR count). The van der Waals surface area contributed by atoms with Gasteiger partial charge in [-0.15, -0.1) is 0 Å². The quantitative estimate of drug-likeness (QED) is 0.581. The Morgan fingerprint density at radius 2 is 1.72 bits per heavy atom. The van der Waals surface area contributed by atoms with Crippen LogP contribution in [0.3, 0.4) is 0 Å². The molecule has 0 heterocycles. The van der Waals surface area contributed by atoms with Gasteiger partial charge in [0.05, 0.1) is 17.5 Å². The van der Waals surface area contributed by atoms with Gasteiger partial charge in [0, 0.05) is 12.2 Å². The molecule has 0 spiro atoms. The Labute approximate surface area is 173 Å². The lowest BCUT2D eigenvalue weighted by molar-refractivity contribution is 0.243. The van der Waals surface area contributed by atoms with Crippen LogP contribution in [-0.4, -0.2) is 45.7 Å². The number of carbonyl (C=O) groups excluding carboxylic acids is 1. The van der Waals surface area contributed by atoms with E-state index in [-0.39, 0.29) is 17.8 Å². The highest BCUT2D eigenvalue weighted by Gasteiger charge is 2.15. The Bertz CT molecular complexity index is 912. The highest BCUT2D eigenvalue weighted by atomic mass is 32.2. The van der Waals surface area contributed by atoms with Gasteiger partial charge in [-0.25, -0.2) is 13.2 Å². The van der Waals surface area contributed by atoms with Gasteiger partial charge in [0.2, 0.25) is 10.0 Å². The molecule has 0 aromatic heterocycles. The van der Waals surface area contributed by atoms with Gasteiger partial charge in [-0.1, -0.05) is 42.8 Å². The summed E-state index contributed by atoms with van der Waals surface area (Å²) in [5.74, 6) is 0.0517. The molecule has 0 saturated carbocycles. The third-order valence-corrected chi connectivity index (χ3v) is 5.90. The van der Waals surface area contributed by atoms with Crippen LogP contribution in [0.4, 0.5) is 16.2 Å². The fraction of sp³-hybridized carbons (Fsp3) is 0.381. The third kappa shape index (κ3) is 7.40. The number of carbonyl (C=O) groups is 1. The number of hydrogen-bond acceptors (Lipinski definition) is 4. The lowest BCUT2D eigenvalue weighted by Crippen LogP contribution is -2.36. The molecule has 2 aromatic carbocycles. The van der Waals surface area contributed by atoms with Crippen LogP contribution in [-0.2, 0) is 10.0 Å². The van der Waals surface area contributed by atoms with Crippen molar-refractivity contribution in [2.24, 2.45) is 0 Å². The maximum Gasteiger partial charge on any atom is 0.319 e. The third-order valence-electron chi connectivity index (χ3n) is 4.41. The molecule has 7 nitrogen and oxygen atoms in total. The van der Waals surface area contributed by atoms with Gasteiger partial charge in [0.25, 0.3) is 0 Å². The fourth-order valence-electron chi connectivity index (χ4n) is 2.91. The van der Waals surface area contributed by atoms with E-state index in [4.69, 9.17) is 0 Å². The van der Waals surface area contributed by atoms with Crippen molar-refractivity contribution in [3.63, 3.8) is 0 Å². The van der Waals surface area contributed by atoms with Gasteiger partial charge in [-0.2, -0.15) is 0 Å². The molecule has 1 atom stereocenters. The SMILES string of the molecule is CCCS(=O)(=O)Nc1cccc(NC(=O)NCC(c2ccc(C)cc2)N(C)C)c1. The second-order valence-corrected chi connectivity index (χ2v) is 9.07. The van der Waals surface area contributed by atoms with E-state index in [1.807, 2.05) is 25.9 Å². The van der Waals surface area contributed by atoms with Crippen LogP contribution in [0.15, 0.2) is 48.5 Å². The smallest absolute Gasteiger partial charge is 0.319 e. The second kappa shape index (κ2) is 10.3. The minimum atomic E-state index is -3.38. The zero-order valence-electron chi connectivity index (χ0n) is 17.4. The summed E-state index contributed by atoms with van der Waals surface area (Å²) < 4.78 is 26.3. The van der Waals surface area contributed by atoms with Gasteiger partial charge in [-0.05, 0) is 51.2 Å². The van der Waals surface area contributed by atoms with E-state index in [0.29, 0.717) is 24.3 Å². The number of benzene rings is 2. The van der Waals surface area contributed by atoms with Crippen LogP contribution in [0.1, 0.15) is 30.5 Å². The minimum Gasteiger partial charge on any atom is -0.336 e. The number of amides is 2. The average molecular weight is 419 g/mol. The summed E-state index contributed by atoms with van der Waals surface area (Å²) in [6.07, 6.45) is 0.531. The van der Waals surface area contributed by atoms with Crippen molar-refractivity contribution in [3.05, 3.63) is 59.7 Å². The molecule has 2 amide bonds. The first kappa shape index (κ1) is 22.7. The number of likely N-dealkylation sites (N-methyl/N-ethyl adjacent to an activating group) is 1. The van der Waals surface area contributed by atoms with E-state index in [1.54, 1.807) is 31.2 Å². The molecular weight excluding hydrogens is 388 g/mol. The molecular formula is C21H30N4O3S. The average Bonchev–Trinajstić information content (AvgIpc) is 2.63. The van der Waals surface area contributed by atoms with E-state index in [1.165, 1.54) is 5.56 Å². The van der Waals surface area contributed by atoms with Crippen LogP contribution in [0, 0.1) is 6.92 Å². The Morgan fingerprint density at radius 3 is 2.34 bits per heavy atom. The Morgan fingerprint density at radius 1 is 1.07 bits per heavy atom. The van der Waals surface area contributed by atoms with Gasteiger partial charge in [0.15, 0.2) is 0 Å². The minimum absolute atomic E-state index is 0.0357. The predicted octanol–water partition coefficient (Wildman–Crippen LogP) is 3.57. The van der Waals surface area contributed by atoms with Gasteiger partial charge in [0.1, 0.15) is 0 Å². The molecule has 158 valence electrons. The highest BCUT2D eigenvalue weighted by molar-refractivity contribution is 7.92. The van der Waals surface area contributed by atoms with E-state index in [9.17, 15) is 13.2 Å². The van der Waals surface area contributed by atoms with E-state index < -0.39 is 10.0 Å². The summed E-state index contributed by atoms with van der Waals surface area (Å²) in [6, 6.07) is 14.6. The maximum absolute atomic E-state index is 12.3. The Kier molecular flexibility index (Phi) is 8.04. The van der Waals surface area contributed by atoms with Gasteiger partial charge >= 0.3 is 6.03 Å². The molecule has 0 bridgehead atoms. The number of sulfonamides is 1. The first-order valence-electron chi connectivity index (χ1n) is 9.58. The number of urea groups is 1. The van der Waals surface area contributed by atoms with Crippen LogP contribution in [0.25, 0.3) is 0 Å². The summed E-state index contributed by atoms with van der Waals surface area (Å²) in [4.78, 5) is 14.4. The van der Waals surface area contributed by atoms with Crippen LogP contribution >= 0.6 is 0 Å². The molecule has 3 N–H and O–H groups in total. The van der Waals surface area contributed by atoms with E-state index in [0.717, 1.165) is 5.56 Å². The molecule has 0 aliphatic carbocycles. The molecule has 0 aliphatic heterocycles. The zero-order valence-corrected chi connectivity index (χ0v) is 18.2. The highest BCUT2D eigenvalue weighted by Crippen LogP contribution is 2.19. The number of hydrogen-bond donors (Lipinski definition) is 3. The molecule has 0 radical (unpaired) electrons. The molecule has 29 heavy (non-hydrogen) atoms. The first-order chi connectivity index (χ1) is 13.7. The van der Waals surface area contributed by atoms with Crippen molar-refractivity contribution in [3.8, 4) is 0 Å². The number of nitrogens with one attached hydrogen (secondary N) is 3. The summed E-state index contributed by atoms with van der Waals surface area (Å²) in [6.45, 7) is 4.28. The number of anilines is 2. The van der Waals surface area contributed by atoms with Crippen LogP contribution < -0.4 is 15.4 Å². The molecule has 0 fully saturated rings. The largest absolute Gasteiger partial charge is 0.336 e. The molecule has 8 heteroatoms. The fourth-order valence-corrected chi connectivity index (χ4v) is 4.04.